The maximum Gasteiger partial charge on any atom is 0.138 e. The van der Waals surface area contributed by atoms with Crippen LogP contribution in [0.3, 0.4) is 0 Å². The summed E-state index contributed by atoms with van der Waals surface area (Å²) >= 11 is 5.90. The summed E-state index contributed by atoms with van der Waals surface area (Å²) < 4.78 is 5.65. The molecule has 3 nitrogen and oxygen atoms in total. The van der Waals surface area contributed by atoms with Gasteiger partial charge in [-0.15, -0.1) is 0 Å². The molecule has 0 amide bonds. The molecule has 0 N–H and O–H groups in total. The fraction of sp³-hybridized carbons (Fsp3) is 0.588. The Morgan fingerprint density at radius 1 is 1.38 bits per heavy atom. The van der Waals surface area contributed by atoms with E-state index in [1.165, 1.54) is 0 Å². The highest BCUT2D eigenvalue weighted by Gasteiger charge is 2.18. The van der Waals surface area contributed by atoms with Crippen molar-refractivity contribution in [1.29, 1.82) is 0 Å². The summed E-state index contributed by atoms with van der Waals surface area (Å²) in [6.45, 7) is 6.07. The minimum absolute atomic E-state index is 0.348. The van der Waals surface area contributed by atoms with Gasteiger partial charge in [-0.1, -0.05) is 51.1 Å². The molecule has 0 aliphatic heterocycles. The number of aryl methyl sites for hydroxylation is 1. The van der Waals surface area contributed by atoms with Crippen LogP contribution in [0.5, 0.6) is 5.75 Å². The molecule has 2 unspecified atom stereocenters. The summed E-state index contributed by atoms with van der Waals surface area (Å²) in [4.78, 5) is 11.3. The van der Waals surface area contributed by atoms with Gasteiger partial charge >= 0.3 is 0 Å². The Kier molecular flexibility index (Phi) is 7.58. The highest BCUT2D eigenvalue weighted by Crippen LogP contribution is 2.26. The third-order valence-electron chi connectivity index (χ3n) is 3.76. The average molecular weight is 312 g/mol. The lowest BCUT2D eigenvalue weighted by Crippen LogP contribution is -2.41. The van der Waals surface area contributed by atoms with Crippen molar-refractivity contribution >= 4 is 17.6 Å². The molecule has 118 valence electrons. The van der Waals surface area contributed by atoms with Gasteiger partial charge in [0.15, 0.2) is 0 Å². The third kappa shape index (κ3) is 5.96. The van der Waals surface area contributed by atoms with Crippen molar-refractivity contribution in [3.05, 3.63) is 28.8 Å². The lowest BCUT2D eigenvalue weighted by Gasteiger charge is -2.25. The van der Waals surface area contributed by atoms with E-state index in [-0.39, 0.29) is 0 Å². The minimum atomic E-state index is -1.15. The van der Waals surface area contributed by atoms with Crippen LogP contribution in [-0.4, -0.2) is 12.1 Å². The van der Waals surface area contributed by atoms with Crippen LogP contribution in [0.4, 0.5) is 0 Å². The van der Waals surface area contributed by atoms with Crippen LogP contribution in [0.2, 0.25) is 5.02 Å². The Hall–Kier alpha value is -1.22. The molecule has 0 aromatic heterocycles. The molecule has 0 bridgehead atoms. The summed E-state index contributed by atoms with van der Waals surface area (Å²) in [5.74, 6) is -0.251. The van der Waals surface area contributed by atoms with E-state index in [4.69, 9.17) is 16.3 Å². The second-order valence-corrected chi connectivity index (χ2v) is 5.92. The first-order valence-corrected chi connectivity index (χ1v) is 7.99. The van der Waals surface area contributed by atoms with Crippen molar-refractivity contribution in [1.82, 2.24) is 0 Å². The number of hydrogen-bond acceptors (Lipinski definition) is 3. The molecule has 0 heterocycles. The molecule has 2 atom stereocenters. The summed E-state index contributed by atoms with van der Waals surface area (Å²) in [5.41, 5.74) is 0.829. The van der Waals surface area contributed by atoms with Crippen molar-refractivity contribution in [2.24, 2.45) is 5.92 Å². The largest absolute Gasteiger partial charge is 0.546 e. The van der Waals surface area contributed by atoms with Crippen molar-refractivity contribution in [2.45, 2.75) is 59.0 Å². The zero-order chi connectivity index (χ0) is 15.8. The fourth-order valence-corrected chi connectivity index (χ4v) is 2.60. The fourth-order valence-electron chi connectivity index (χ4n) is 2.37. The van der Waals surface area contributed by atoms with Gasteiger partial charge in [0, 0.05) is 5.02 Å². The van der Waals surface area contributed by atoms with Crippen LogP contribution in [0, 0.1) is 12.8 Å². The van der Waals surface area contributed by atoms with Gasteiger partial charge in [-0.25, -0.2) is 0 Å². The number of benzene rings is 1. The molecule has 0 radical (unpaired) electrons. The Bertz CT molecular complexity index is 459. The Labute approximate surface area is 132 Å². The van der Waals surface area contributed by atoms with Gasteiger partial charge in [-0.2, -0.15) is 0 Å². The van der Waals surface area contributed by atoms with Crippen molar-refractivity contribution in [3.8, 4) is 5.75 Å². The van der Waals surface area contributed by atoms with Gasteiger partial charge < -0.3 is 14.6 Å². The molecule has 0 spiro atoms. The highest BCUT2D eigenvalue weighted by molar-refractivity contribution is 6.30. The van der Waals surface area contributed by atoms with Crippen LogP contribution in [-0.2, 0) is 4.79 Å². The second kappa shape index (κ2) is 8.93. The van der Waals surface area contributed by atoms with E-state index in [1.807, 2.05) is 6.92 Å². The molecular formula is C17H24ClO3-. The monoisotopic (exact) mass is 311 g/mol. The van der Waals surface area contributed by atoms with Gasteiger partial charge in [0.25, 0.3) is 0 Å². The summed E-state index contributed by atoms with van der Waals surface area (Å²) in [6, 6.07) is 5.17. The standard InChI is InChI=1S/C17H25ClO3/c1-4-6-7-13(5-2)11-16(17(19)20)21-15-9-8-14(18)10-12(15)3/h8-10,13,16H,4-7,11H2,1-3H3,(H,19,20)/p-1. The molecular weight excluding hydrogens is 288 g/mol. The molecule has 0 aliphatic carbocycles. The maximum atomic E-state index is 11.3. The topological polar surface area (TPSA) is 49.4 Å². The summed E-state index contributed by atoms with van der Waals surface area (Å²) in [5, 5.41) is 12.0. The average Bonchev–Trinajstić information content (AvgIpc) is 2.44. The third-order valence-corrected chi connectivity index (χ3v) is 3.99. The second-order valence-electron chi connectivity index (χ2n) is 5.49. The van der Waals surface area contributed by atoms with E-state index >= 15 is 0 Å². The zero-order valence-corrected chi connectivity index (χ0v) is 13.8. The minimum Gasteiger partial charge on any atom is -0.546 e. The van der Waals surface area contributed by atoms with Crippen molar-refractivity contribution in [3.63, 3.8) is 0 Å². The maximum absolute atomic E-state index is 11.3. The molecule has 0 saturated carbocycles. The first kappa shape index (κ1) is 17.8. The van der Waals surface area contributed by atoms with Crippen LogP contribution in [0.25, 0.3) is 0 Å². The smallest absolute Gasteiger partial charge is 0.138 e. The predicted molar refractivity (Wildman–Crippen MR) is 83.5 cm³/mol. The molecule has 0 fully saturated rings. The molecule has 1 aromatic carbocycles. The quantitative estimate of drug-likeness (QED) is 0.698. The van der Waals surface area contributed by atoms with Gasteiger partial charge in [-0.05, 0) is 43.0 Å². The van der Waals surface area contributed by atoms with Crippen LogP contribution in [0.15, 0.2) is 18.2 Å². The van der Waals surface area contributed by atoms with Crippen molar-refractivity contribution < 1.29 is 14.6 Å². The zero-order valence-electron chi connectivity index (χ0n) is 13.0. The van der Waals surface area contributed by atoms with Gasteiger partial charge in [0.1, 0.15) is 11.9 Å². The number of carboxylic acids is 1. The number of aliphatic carboxylic acids is 1. The first-order valence-electron chi connectivity index (χ1n) is 7.61. The summed E-state index contributed by atoms with van der Waals surface area (Å²) in [7, 11) is 0. The Morgan fingerprint density at radius 2 is 2.10 bits per heavy atom. The molecule has 0 aliphatic rings. The van der Waals surface area contributed by atoms with E-state index in [0.717, 1.165) is 31.2 Å². The number of rotatable bonds is 9. The van der Waals surface area contributed by atoms with Gasteiger partial charge in [0.05, 0.1) is 5.97 Å². The van der Waals surface area contributed by atoms with Gasteiger partial charge in [-0.3, -0.25) is 0 Å². The van der Waals surface area contributed by atoms with E-state index in [9.17, 15) is 9.90 Å². The van der Waals surface area contributed by atoms with E-state index < -0.39 is 12.1 Å². The first-order chi connectivity index (χ1) is 9.97. The SMILES string of the molecule is CCCCC(CC)CC(Oc1ccc(Cl)cc1C)C(=O)[O-]. The Morgan fingerprint density at radius 3 is 2.62 bits per heavy atom. The number of carbonyl (C=O) groups is 1. The highest BCUT2D eigenvalue weighted by atomic mass is 35.5. The lowest BCUT2D eigenvalue weighted by atomic mass is 9.93. The van der Waals surface area contributed by atoms with Crippen molar-refractivity contribution in [2.75, 3.05) is 0 Å². The van der Waals surface area contributed by atoms with E-state index in [2.05, 4.69) is 13.8 Å². The molecule has 21 heavy (non-hydrogen) atoms. The normalized spacial score (nSPS) is 13.7. The number of halogens is 1. The van der Waals surface area contributed by atoms with Crippen LogP contribution in [0.1, 0.15) is 51.5 Å². The number of hydrogen-bond donors (Lipinski definition) is 0. The number of unbranched alkanes of at least 4 members (excludes halogenated alkanes) is 1. The lowest BCUT2D eigenvalue weighted by molar-refractivity contribution is -0.314. The molecule has 4 heteroatoms. The Balaban J connectivity index is 2.75. The predicted octanol–water partition coefficient (Wildman–Crippen LogP) is 3.75. The summed E-state index contributed by atoms with van der Waals surface area (Å²) in [6.07, 6.45) is 3.78. The number of ether oxygens (including phenoxy) is 1. The number of carbonyl (C=O) groups excluding carboxylic acids is 1. The molecule has 1 rings (SSSR count). The number of carboxylic acid groups (broad SMARTS) is 1. The molecule has 0 saturated heterocycles. The van der Waals surface area contributed by atoms with E-state index in [1.54, 1.807) is 18.2 Å². The van der Waals surface area contributed by atoms with Crippen LogP contribution >= 0.6 is 11.6 Å². The van der Waals surface area contributed by atoms with Crippen LogP contribution < -0.4 is 9.84 Å². The van der Waals surface area contributed by atoms with Gasteiger partial charge in [0.2, 0.25) is 0 Å². The molecule has 1 aromatic rings. The van der Waals surface area contributed by atoms with E-state index in [0.29, 0.717) is 23.1 Å².